The molecule has 0 bridgehead atoms. The van der Waals surface area contributed by atoms with Crippen molar-refractivity contribution in [3.05, 3.63) is 30.2 Å². The number of alkyl halides is 3. The summed E-state index contributed by atoms with van der Waals surface area (Å²) in [6.45, 7) is 0.816. The minimum Gasteiger partial charge on any atom is -0.406 e. The van der Waals surface area contributed by atoms with Gasteiger partial charge in [-0.05, 0) is 55.9 Å². The van der Waals surface area contributed by atoms with Gasteiger partial charge < -0.3 is 14.0 Å². The van der Waals surface area contributed by atoms with Crippen LogP contribution in [0, 0.1) is 5.92 Å². The van der Waals surface area contributed by atoms with Gasteiger partial charge >= 0.3 is 6.36 Å². The van der Waals surface area contributed by atoms with Gasteiger partial charge in [-0.2, -0.15) is 4.98 Å². The topological polar surface area (TPSA) is 144 Å². The molecule has 0 aliphatic carbocycles. The number of aryl methyl sites for hydroxylation is 1. The molecule has 0 unspecified atom stereocenters. The van der Waals surface area contributed by atoms with Crippen LogP contribution in [0.5, 0.6) is 5.75 Å². The van der Waals surface area contributed by atoms with E-state index in [-0.39, 0.29) is 56.6 Å². The minimum atomic E-state index is -4.77. The molecular weight excluding hydrogens is 533 g/mol. The third kappa shape index (κ3) is 6.27. The minimum absolute atomic E-state index is 0.0146. The predicted octanol–water partition coefficient (Wildman–Crippen LogP) is 3.05. The van der Waals surface area contributed by atoms with Crippen molar-refractivity contribution < 1.29 is 45.6 Å². The van der Waals surface area contributed by atoms with E-state index < -0.39 is 27.0 Å². The van der Waals surface area contributed by atoms with Gasteiger partial charge in [0, 0.05) is 51.1 Å². The summed E-state index contributed by atoms with van der Waals surface area (Å²) >= 11 is 0. The monoisotopic (exact) mass is 562 g/mol. The average Bonchev–Trinajstić information content (AvgIpc) is 3.37. The van der Waals surface area contributed by atoms with Crippen LogP contribution in [0.4, 0.5) is 13.2 Å². The Balaban J connectivity index is 1.26. The average molecular weight is 563 g/mol. The summed E-state index contributed by atoms with van der Waals surface area (Å²) in [6, 6.07) is 5.16. The first kappa shape index (κ1) is 28.3. The summed E-state index contributed by atoms with van der Waals surface area (Å²) in [5.41, 5.74) is 2.02. The van der Waals surface area contributed by atoms with Crippen LogP contribution in [0.15, 0.2) is 28.8 Å². The lowest BCUT2D eigenvalue weighted by atomic mass is 9.92. The van der Waals surface area contributed by atoms with Crippen molar-refractivity contribution in [1.29, 1.82) is 0 Å². The number of benzene rings is 1. The Hall–Kier alpha value is -2.75. The molecule has 2 aliphatic rings. The zero-order valence-corrected chi connectivity index (χ0v) is 21.3. The number of nitrogens with one attached hydrogen (secondary N) is 1. The highest BCUT2D eigenvalue weighted by Crippen LogP contribution is 2.35. The van der Waals surface area contributed by atoms with E-state index in [0.717, 1.165) is 12.8 Å². The van der Waals surface area contributed by atoms with Crippen molar-refractivity contribution in [2.24, 2.45) is 5.92 Å². The van der Waals surface area contributed by atoms with E-state index in [1.165, 1.54) is 34.1 Å². The zero-order chi connectivity index (χ0) is 27.4. The standard InChI is InChI=1S/C23H29F3N4O7S/c24-23(25,26)36-18-6-4-17(5-7-18)20-27-19(37-29-20)3-1-2-16-8-12-30(13-9-16)38(33,34)22(21(31)28-32)10-14-35-15-11-22/h4-7,16,32H,1-3,8-15H2,(H,28,31). The lowest BCUT2D eigenvalue weighted by molar-refractivity contribution is -0.274. The maximum atomic E-state index is 13.4. The van der Waals surface area contributed by atoms with Gasteiger partial charge in [0.05, 0.1) is 0 Å². The number of piperidine rings is 1. The van der Waals surface area contributed by atoms with Gasteiger partial charge in [0.1, 0.15) is 5.75 Å². The lowest BCUT2D eigenvalue weighted by Gasteiger charge is -2.40. The zero-order valence-electron chi connectivity index (χ0n) is 20.4. The third-order valence-electron chi connectivity index (χ3n) is 7.04. The van der Waals surface area contributed by atoms with Crippen LogP contribution in [0.25, 0.3) is 11.4 Å². The normalized spacial score (nSPS) is 19.3. The Morgan fingerprint density at radius 1 is 1.18 bits per heavy atom. The van der Waals surface area contributed by atoms with Crippen molar-refractivity contribution in [2.75, 3.05) is 26.3 Å². The van der Waals surface area contributed by atoms with Crippen LogP contribution >= 0.6 is 0 Å². The number of hydroxylamine groups is 1. The SMILES string of the molecule is O=C(NO)C1(S(=O)(=O)N2CCC(CCCc3nc(-c4ccc(OC(F)(F)F)cc4)no3)CC2)CCOCC1. The number of carbonyl (C=O) groups is 1. The molecule has 11 nitrogen and oxygen atoms in total. The van der Waals surface area contributed by atoms with Gasteiger partial charge in [-0.3, -0.25) is 10.0 Å². The molecule has 1 amide bonds. The lowest BCUT2D eigenvalue weighted by Crippen LogP contribution is -2.60. The van der Waals surface area contributed by atoms with E-state index in [1.54, 1.807) is 0 Å². The quantitative estimate of drug-likeness (QED) is 0.348. The maximum Gasteiger partial charge on any atom is 0.573 e. The number of aromatic nitrogens is 2. The second kappa shape index (κ2) is 11.6. The Bertz CT molecular complexity index is 1190. The van der Waals surface area contributed by atoms with E-state index in [0.29, 0.717) is 30.7 Å². The number of sulfonamides is 1. The molecule has 4 rings (SSSR count). The van der Waals surface area contributed by atoms with Gasteiger partial charge in [0.2, 0.25) is 21.7 Å². The molecule has 38 heavy (non-hydrogen) atoms. The highest BCUT2D eigenvalue weighted by molar-refractivity contribution is 7.91. The maximum absolute atomic E-state index is 13.4. The predicted molar refractivity (Wildman–Crippen MR) is 125 cm³/mol. The molecule has 1 aromatic heterocycles. The summed E-state index contributed by atoms with van der Waals surface area (Å²) in [6.07, 6.45) is -1.49. The molecule has 2 saturated heterocycles. The van der Waals surface area contributed by atoms with Crippen LogP contribution in [-0.4, -0.2) is 71.4 Å². The van der Waals surface area contributed by atoms with E-state index in [4.69, 9.17) is 9.26 Å². The Morgan fingerprint density at radius 2 is 1.84 bits per heavy atom. The van der Waals surface area contributed by atoms with Crippen molar-refractivity contribution in [3.63, 3.8) is 0 Å². The molecule has 15 heteroatoms. The summed E-state index contributed by atoms with van der Waals surface area (Å²) in [5, 5.41) is 13.1. The number of nitrogens with zero attached hydrogens (tertiary/aromatic N) is 3. The highest BCUT2D eigenvalue weighted by Gasteiger charge is 2.54. The van der Waals surface area contributed by atoms with Gasteiger partial charge in [0.25, 0.3) is 5.91 Å². The summed E-state index contributed by atoms with van der Waals surface area (Å²) in [7, 11) is -4.00. The Kier molecular flexibility index (Phi) is 8.59. The molecule has 0 saturated carbocycles. The molecule has 2 N–H and O–H groups in total. The molecule has 0 radical (unpaired) electrons. The van der Waals surface area contributed by atoms with Crippen molar-refractivity contribution >= 4 is 15.9 Å². The number of amides is 1. The van der Waals surface area contributed by atoms with Gasteiger partial charge in [-0.15, -0.1) is 13.2 Å². The van der Waals surface area contributed by atoms with Crippen LogP contribution in [0.3, 0.4) is 0 Å². The van der Waals surface area contributed by atoms with Crippen molar-refractivity contribution in [1.82, 2.24) is 19.9 Å². The summed E-state index contributed by atoms with van der Waals surface area (Å²) < 4.78 is 77.7. The molecule has 0 atom stereocenters. The number of hydrogen-bond acceptors (Lipinski definition) is 9. The molecule has 1 aromatic carbocycles. The molecule has 2 fully saturated rings. The van der Waals surface area contributed by atoms with Crippen LogP contribution in [0.1, 0.15) is 44.4 Å². The molecule has 210 valence electrons. The van der Waals surface area contributed by atoms with Crippen LogP contribution in [-0.2, 0) is 26.0 Å². The highest BCUT2D eigenvalue weighted by atomic mass is 32.2. The van der Waals surface area contributed by atoms with Gasteiger partial charge in [0.15, 0.2) is 4.75 Å². The number of rotatable bonds is 9. The van der Waals surface area contributed by atoms with E-state index in [2.05, 4.69) is 14.9 Å². The molecular formula is C23H29F3N4O7S. The Morgan fingerprint density at radius 3 is 2.45 bits per heavy atom. The van der Waals surface area contributed by atoms with Gasteiger partial charge in [-0.25, -0.2) is 18.2 Å². The van der Waals surface area contributed by atoms with Crippen molar-refractivity contribution in [2.45, 2.75) is 56.1 Å². The first-order valence-corrected chi connectivity index (χ1v) is 13.7. The number of carbonyl (C=O) groups excluding carboxylic acids is 1. The second-order valence-electron chi connectivity index (χ2n) is 9.37. The summed E-state index contributed by atoms with van der Waals surface area (Å²) in [5.74, 6) is -0.337. The van der Waals surface area contributed by atoms with Gasteiger partial charge in [-0.1, -0.05) is 5.16 Å². The number of ether oxygens (including phenoxy) is 2. The third-order valence-corrected chi connectivity index (χ3v) is 9.67. The first-order chi connectivity index (χ1) is 18.0. The van der Waals surface area contributed by atoms with Crippen LogP contribution in [0.2, 0.25) is 0 Å². The fourth-order valence-corrected chi connectivity index (χ4v) is 7.06. The molecule has 3 heterocycles. The fourth-order valence-electron chi connectivity index (χ4n) is 4.91. The molecule has 2 aromatic rings. The molecule has 2 aliphatic heterocycles. The smallest absolute Gasteiger partial charge is 0.406 e. The van der Waals surface area contributed by atoms with Crippen molar-refractivity contribution in [3.8, 4) is 17.1 Å². The number of halogens is 3. The summed E-state index contributed by atoms with van der Waals surface area (Å²) in [4.78, 5) is 16.7. The fraction of sp³-hybridized carbons (Fsp3) is 0.609. The van der Waals surface area contributed by atoms with E-state index in [9.17, 15) is 31.6 Å². The second-order valence-corrected chi connectivity index (χ2v) is 11.6. The molecule has 0 spiro atoms. The largest absolute Gasteiger partial charge is 0.573 e. The van der Waals surface area contributed by atoms with Crippen LogP contribution < -0.4 is 10.2 Å². The Labute approximate surface area is 217 Å². The van der Waals surface area contributed by atoms with E-state index >= 15 is 0 Å². The number of hydrogen-bond donors (Lipinski definition) is 2. The first-order valence-electron chi connectivity index (χ1n) is 12.2. The van der Waals surface area contributed by atoms with E-state index in [1.807, 2.05) is 0 Å².